The zero-order chi connectivity index (χ0) is 13.9. The summed E-state index contributed by atoms with van der Waals surface area (Å²) in [5.74, 6) is 1.58. The standard InChI is InChI=1S/C15H26N4.HI/c1-4-13(5-2)11-18-15(16-6-3)19-12-14-9-7-8-10-17-14;/h7-10,13H,4-6,11-12H2,1-3H3,(H2,16,18,19);1H. The molecule has 0 spiro atoms. The predicted octanol–water partition coefficient (Wildman–Crippen LogP) is 3.19. The molecule has 0 saturated heterocycles. The summed E-state index contributed by atoms with van der Waals surface area (Å²) in [4.78, 5) is 8.83. The molecule has 0 fully saturated rings. The van der Waals surface area contributed by atoms with Crippen LogP contribution in [0.2, 0.25) is 0 Å². The average Bonchev–Trinajstić information content (AvgIpc) is 2.46. The maximum Gasteiger partial charge on any atom is 0.191 e. The van der Waals surface area contributed by atoms with Crippen LogP contribution in [-0.4, -0.2) is 24.0 Å². The van der Waals surface area contributed by atoms with Crippen molar-refractivity contribution in [3.63, 3.8) is 0 Å². The molecule has 114 valence electrons. The Bertz CT molecular complexity index is 363. The van der Waals surface area contributed by atoms with Crippen molar-refractivity contribution in [2.45, 2.75) is 40.2 Å². The summed E-state index contributed by atoms with van der Waals surface area (Å²) in [7, 11) is 0. The second kappa shape index (κ2) is 11.9. The predicted molar refractivity (Wildman–Crippen MR) is 96.5 cm³/mol. The van der Waals surface area contributed by atoms with Crippen molar-refractivity contribution in [1.29, 1.82) is 0 Å². The number of aromatic nitrogens is 1. The largest absolute Gasteiger partial charge is 0.357 e. The normalized spacial score (nSPS) is 11.1. The van der Waals surface area contributed by atoms with Crippen LogP contribution in [0.4, 0.5) is 0 Å². The highest BCUT2D eigenvalue weighted by atomic mass is 127. The van der Waals surface area contributed by atoms with E-state index in [9.17, 15) is 0 Å². The SMILES string of the molecule is CCNC(=NCc1ccccn1)NCC(CC)CC.I. The summed E-state index contributed by atoms with van der Waals surface area (Å²) in [6, 6.07) is 5.90. The highest BCUT2D eigenvalue weighted by Gasteiger charge is 2.04. The van der Waals surface area contributed by atoms with E-state index in [1.807, 2.05) is 18.2 Å². The van der Waals surface area contributed by atoms with Crippen LogP contribution in [0.1, 0.15) is 39.3 Å². The number of hydrogen-bond acceptors (Lipinski definition) is 2. The maximum atomic E-state index is 4.56. The van der Waals surface area contributed by atoms with Gasteiger partial charge in [0.15, 0.2) is 5.96 Å². The monoisotopic (exact) mass is 390 g/mol. The van der Waals surface area contributed by atoms with Crippen LogP contribution in [-0.2, 0) is 6.54 Å². The third-order valence-electron chi connectivity index (χ3n) is 3.18. The van der Waals surface area contributed by atoms with E-state index in [4.69, 9.17) is 0 Å². The summed E-state index contributed by atoms with van der Waals surface area (Å²) in [5.41, 5.74) is 0.988. The Kier molecular flexibility index (Phi) is 11.4. The molecule has 1 aromatic rings. The average molecular weight is 390 g/mol. The van der Waals surface area contributed by atoms with Crippen molar-refractivity contribution in [1.82, 2.24) is 15.6 Å². The van der Waals surface area contributed by atoms with Gasteiger partial charge in [-0.15, -0.1) is 24.0 Å². The molecule has 1 heterocycles. The quantitative estimate of drug-likeness (QED) is 0.427. The molecule has 1 rings (SSSR count). The number of aliphatic imine (C=N–C) groups is 1. The first kappa shape index (κ1) is 19.1. The Morgan fingerprint density at radius 3 is 2.50 bits per heavy atom. The van der Waals surface area contributed by atoms with E-state index in [1.165, 1.54) is 12.8 Å². The first-order valence-corrected chi connectivity index (χ1v) is 7.22. The Morgan fingerprint density at radius 1 is 1.20 bits per heavy atom. The zero-order valence-electron chi connectivity index (χ0n) is 12.7. The van der Waals surface area contributed by atoms with Crippen LogP contribution in [0.15, 0.2) is 29.4 Å². The molecule has 0 bridgehead atoms. The summed E-state index contributed by atoms with van der Waals surface area (Å²) < 4.78 is 0. The van der Waals surface area contributed by atoms with Crippen LogP contribution in [0.3, 0.4) is 0 Å². The first-order valence-electron chi connectivity index (χ1n) is 7.22. The van der Waals surface area contributed by atoms with Gasteiger partial charge in [-0.3, -0.25) is 4.98 Å². The lowest BCUT2D eigenvalue weighted by molar-refractivity contribution is 0.481. The van der Waals surface area contributed by atoms with Gasteiger partial charge in [0.25, 0.3) is 0 Å². The molecule has 2 N–H and O–H groups in total. The molecule has 0 amide bonds. The molecule has 1 aromatic heterocycles. The topological polar surface area (TPSA) is 49.3 Å². The Morgan fingerprint density at radius 2 is 1.95 bits per heavy atom. The Balaban J connectivity index is 0.00000361. The number of rotatable bonds is 7. The van der Waals surface area contributed by atoms with Gasteiger partial charge in [0, 0.05) is 19.3 Å². The lowest BCUT2D eigenvalue weighted by Crippen LogP contribution is -2.39. The third kappa shape index (κ3) is 7.67. The van der Waals surface area contributed by atoms with E-state index in [0.717, 1.165) is 24.7 Å². The molecule has 0 atom stereocenters. The summed E-state index contributed by atoms with van der Waals surface area (Å²) >= 11 is 0. The highest BCUT2D eigenvalue weighted by molar-refractivity contribution is 14.0. The molecule has 0 unspecified atom stereocenters. The molecule has 0 aliphatic rings. The molecule has 0 aromatic carbocycles. The highest BCUT2D eigenvalue weighted by Crippen LogP contribution is 2.05. The fourth-order valence-electron chi connectivity index (χ4n) is 1.81. The molecule has 0 aliphatic heterocycles. The van der Waals surface area contributed by atoms with Gasteiger partial charge in [-0.05, 0) is 25.0 Å². The van der Waals surface area contributed by atoms with Crippen LogP contribution in [0.5, 0.6) is 0 Å². The number of halogens is 1. The van der Waals surface area contributed by atoms with Gasteiger partial charge >= 0.3 is 0 Å². The van der Waals surface area contributed by atoms with Crippen LogP contribution < -0.4 is 10.6 Å². The maximum absolute atomic E-state index is 4.56. The molecular formula is C15H27IN4. The number of hydrogen-bond donors (Lipinski definition) is 2. The van der Waals surface area contributed by atoms with E-state index in [-0.39, 0.29) is 24.0 Å². The number of nitrogens with one attached hydrogen (secondary N) is 2. The Labute approximate surface area is 139 Å². The number of pyridine rings is 1. The van der Waals surface area contributed by atoms with Crippen LogP contribution in [0.25, 0.3) is 0 Å². The minimum Gasteiger partial charge on any atom is -0.357 e. The van der Waals surface area contributed by atoms with Crippen molar-refractivity contribution in [2.75, 3.05) is 13.1 Å². The van der Waals surface area contributed by atoms with Crippen LogP contribution in [0, 0.1) is 5.92 Å². The molecule has 0 saturated carbocycles. The van der Waals surface area contributed by atoms with Gasteiger partial charge in [-0.25, -0.2) is 4.99 Å². The lowest BCUT2D eigenvalue weighted by Gasteiger charge is -2.16. The summed E-state index contributed by atoms with van der Waals surface area (Å²) in [6.45, 7) is 8.99. The second-order valence-corrected chi connectivity index (χ2v) is 4.58. The molecule has 0 aliphatic carbocycles. The summed E-state index contributed by atoms with van der Waals surface area (Å²) in [6.07, 6.45) is 4.20. The molecular weight excluding hydrogens is 363 g/mol. The number of nitrogens with zero attached hydrogens (tertiary/aromatic N) is 2. The van der Waals surface area contributed by atoms with Gasteiger partial charge < -0.3 is 10.6 Å². The van der Waals surface area contributed by atoms with Gasteiger partial charge in [-0.1, -0.05) is 32.8 Å². The fourth-order valence-corrected chi connectivity index (χ4v) is 1.81. The molecule has 0 radical (unpaired) electrons. The van der Waals surface area contributed by atoms with Crippen molar-refractivity contribution in [3.8, 4) is 0 Å². The minimum atomic E-state index is 0. The molecule has 20 heavy (non-hydrogen) atoms. The van der Waals surface area contributed by atoms with E-state index in [2.05, 4.69) is 41.4 Å². The van der Waals surface area contributed by atoms with E-state index in [0.29, 0.717) is 12.5 Å². The zero-order valence-corrected chi connectivity index (χ0v) is 15.1. The minimum absolute atomic E-state index is 0. The van der Waals surface area contributed by atoms with Crippen molar-refractivity contribution < 1.29 is 0 Å². The first-order chi connectivity index (χ1) is 9.30. The number of guanidine groups is 1. The van der Waals surface area contributed by atoms with Gasteiger partial charge in [-0.2, -0.15) is 0 Å². The van der Waals surface area contributed by atoms with E-state index in [1.54, 1.807) is 6.20 Å². The van der Waals surface area contributed by atoms with E-state index >= 15 is 0 Å². The molecule has 4 nitrogen and oxygen atoms in total. The van der Waals surface area contributed by atoms with Crippen molar-refractivity contribution in [3.05, 3.63) is 30.1 Å². The smallest absolute Gasteiger partial charge is 0.191 e. The summed E-state index contributed by atoms with van der Waals surface area (Å²) in [5, 5.41) is 6.67. The van der Waals surface area contributed by atoms with Gasteiger partial charge in [0.1, 0.15) is 0 Å². The second-order valence-electron chi connectivity index (χ2n) is 4.58. The van der Waals surface area contributed by atoms with Crippen molar-refractivity contribution in [2.24, 2.45) is 10.9 Å². The third-order valence-corrected chi connectivity index (χ3v) is 3.18. The van der Waals surface area contributed by atoms with E-state index < -0.39 is 0 Å². The van der Waals surface area contributed by atoms with Gasteiger partial charge in [0.05, 0.1) is 12.2 Å². The fraction of sp³-hybridized carbons (Fsp3) is 0.600. The van der Waals surface area contributed by atoms with Crippen molar-refractivity contribution >= 4 is 29.9 Å². The Hall–Kier alpha value is -0.850. The lowest BCUT2D eigenvalue weighted by atomic mass is 10.0. The van der Waals surface area contributed by atoms with Crippen LogP contribution >= 0.6 is 24.0 Å². The van der Waals surface area contributed by atoms with Gasteiger partial charge in [0.2, 0.25) is 0 Å². The molecule has 5 heteroatoms.